The number of rotatable bonds is 3. The second-order valence-electron chi connectivity index (χ2n) is 5.10. The normalized spacial score (nSPS) is 12.0. The number of H-pyrrole nitrogens is 1. The molecule has 0 aliphatic heterocycles. The van der Waals surface area contributed by atoms with Crippen LogP contribution in [0.2, 0.25) is 0 Å². The van der Waals surface area contributed by atoms with Crippen LogP contribution in [0.25, 0.3) is 5.65 Å². The third-order valence-corrected chi connectivity index (χ3v) is 2.80. The summed E-state index contributed by atoms with van der Waals surface area (Å²) in [6.45, 7) is 6.82. The highest BCUT2D eigenvalue weighted by Crippen LogP contribution is 2.22. The first-order valence-corrected chi connectivity index (χ1v) is 6.39. The molecule has 2 rings (SSSR count). The van der Waals surface area contributed by atoms with E-state index in [2.05, 4.69) is 53.9 Å². The number of nitrogens with one attached hydrogen (secondary N) is 2. The van der Waals surface area contributed by atoms with Crippen molar-refractivity contribution in [1.82, 2.24) is 19.6 Å². The number of anilines is 1. The Morgan fingerprint density at radius 1 is 1.50 bits per heavy atom. The van der Waals surface area contributed by atoms with Gasteiger partial charge in [-0.3, -0.25) is 0 Å². The van der Waals surface area contributed by atoms with E-state index in [1.54, 1.807) is 6.20 Å². The first kappa shape index (κ1) is 12.9. The van der Waals surface area contributed by atoms with E-state index >= 15 is 0 Å². The molecule has 7 heteroatoms. The van der Waals surface area contributed by atoms with Crippen LogP contribution in [-0.2, 0) is 5.41 Å². The second kappa shape index (κ2) is 4.64. The van der Waals surface area contributed by atoms with Crippen LogP contribution in [0.15, 0.2) is 11.0 Å². The molecule has 0 amide bonds. The molecule has 0 aromatic carbocycles. The third-order valence-electron chi connectivity index (χ3n) is 2.57. The molecule has 98 valence electrons. The lowest BCUT2D eigenvalue weighted by atomic mass is 9.93. The molecular formula is C11H17N5OS. The van der Waals surface area contributed by atoms with Gasteiger partial charge in [0.05, 0.1) is 5.69 Å². The molecule has 0 saturated carbocycles. The second-order valence-corrected chi connectivity index (χ2v) is 5.54. The van der Waals surface area contributed by atoms with Crippen molar-refractivity contribution in [3.63, 3.8) is 0 Å². The summed E-state index contributed by atoms with van der Waals surface area (Å²) in [6.07, 6.45) is 1.73. The van der Waals surface area contributed by atoms with E-state index in [0.29, 0.717) is 23.8 Å². The molecule has 0 bridgehead atoms. The van der Waals surface area contributed by atoms with Crippen molar-refractivity contribution in [2.45, 2.75) is 26.2 Å². The summed E-state index contributed by atoms with van der Waals surface area (Å²) in [5.74, 6) is 1.29. The van der Waals surface area contributed by atoms with Gasteiger partial charge in [-0.15, -0.1) is 5.10 Å². The number of hydrogen-bond acceptors (Lipinski definition) is 5. The number of fused-ring (bicyclic) bond motifs is 1. The van der Waals surface area contributed by atoms with E-state index in [4.69, 9.17) is 0 Å². The predicted molar refractivity (Wildman–Crippen MR) is 74.7 cm³/mol. The first-order valence-electron chi connectivity index (χ1n) is 5.76. The van der Waals surface area contributed by atoms with Crippen LogP contribution in [0.5, 0.6) is 0 Å². The van der Waals surface area contributed by atoms with Crippen LogP contribution in [0, 0.1) is 0 Å². The van der Waals surface area contributed by atoms with E-state index in [9.17, 15) is 4.79 Å². The molecule has 0 atom stereocenters. The van der Waals surface area contributed by atoms with Gasteiger partial charge in [0.2, 0.25) is 5.65 Å². The topological polar surface area (TPSA) is 75.1 Å². The molecule has 2 aromatic heterocycles. The number of aromatic amines is 1. The molecule has 0 radical (unpaired) electrons. The molecule has 2 aromatic rings. The molecule has 2 heterocycles. The fourth-order valence-corrected chi connectivity index (χ4v) is 1.68. The van der Waals surface area contributed by atoms with Gasteiger partial charge in [0.25, 0.3) is 0 Å². The fourth-order valence-electron chi connectivity index (χ4n) is 1.57. The van der Waals surface area contributed by atoms with Crippen LogP contribution in [-0.4, -0.2) is 31.9 Å². The molecule has 0 spiro atoms. The van der Waals surface area contributed by atoms with Crippen LogP contribution in [0.4, 0.5) is 5.82 Å². The Bertz CT molecular complexity index is 610. The number of thiol groups is 1. The maximum atomic E-state index is 11.7. The van der Waals surface area contributed by atoms with Crippen molar-refractivity contribution in [2.24, 2.45) is 0 Å². The number of nitrogens with zero attached hydrogens (tertiary/aromatic N) is 3. The van der Waals surface area contributed by atoms with E-state index in [-0.39, 0.29) is 11.1 Å². The van der Waals surface area contributed by atoms with Crippen molar-refractivity contribution in [2.75, 3.05) is 17.6 Å². The van der Waals surface area contributed by atoms with E-state index in [0.717, 1.165) is 5.69 Å². The Kier molecular flexibility index (Phi) is 3.34. The maximum absolute atomic E-state index is 11.7. The van der Waals surface area contributed by atoms with Crippen molar-refractivity contribution in [3.05, 3.63) is 22.4 Å². The van der Waals surface area contributed by atoms with Crippen LogP contribution in [0.1, 0.15) is 26.5 Å². The van der Waals surface area contributed by atoms with Crippen molar-refractivity contribution < 1.29 is 0 Å². The van der Waals surface area contributed by atoms with Crippen molar-refractivity contribution in [1.29, 1.82) is 0 Å². The molecule has 0 aliphatic rings. The number of aromatic nitrogens is 4. The lowest BCUT2D eigenvalue weighted by Crippen LogP contribution is -2.20. The lowest BCUT2D eigenvalue weighted by Gasteiger charge is -2.18. The molecule has 2 N–H and O–H groups in total. The highest BCUT2D eigenvalue weighted by Gasteiger charge is 2.19. The van der Waals surface area contributed by atoms with Gasteiger partial charge in [-0.25, -0.2) is 19.3 Å². The smallest absolute Gasteiger partial charge is 0.347 e. The summed E-state index contributed by atoms with van der Waals surface area (Å²) in [5.41, 5.74) is 0.948. The maximum Gasteiger partial charge on any atom is 0.347 e. The van der Waals surface area contributed by atoms with Crippen molar-refractivity contribution in [3.8, 4) is 0 Å². The SMILES string of the molecule is CC(C)(C)c1cn2c(=O)[nH]nc2c(NCCS)n1. The summed E-state index contributed by atoms with van der Waals surface area (Å²) in [4.78, 5) is 16.2. The van der Waals surface area contributed by atoms with Gasteiger partial charge in [0.1, 0.15) is 0 Å². The highest BCUT2D eigenvalue weighted by atomic mass is 32.1. The Labute approximate surface area is 110 Å². The zero-order valence-corrected chi connectivity index (χ0v) is 11.6. The van der Waals surface area contributed by atoms with E-state index in [1.165, 1.54) is 4.40 Å². The average Bonchev–Trinajstić information content (AvgIpc) is 2.67. The van der Waals surface area contributed by atoms with E-state index < -0.39 is 0 Å². The zero-order chi connectivity index (χ0) is 13.3. The van der Waals surface area contributed by atoms with Crippen LogP contribution >= 0.6 is 12.6 Å². The Morgan fingerprint density at radius 2 is 2.22 bits per heavy atom. The summed E-state index contributed by atoms with van der Waals surface area (Å²) in [7, 11) is 0. The van der Waals surface area contributed by atoms with Gasteiger partial charge < -0.3 is 5.32 Å². The molecule has 0 unspecified atom stereocenters. The van der Waals surface area contributed by atoms with Crippen LogP contribution in [0.3, 0.4) is 0 Å². The minimum atomic E-state index is -0.258. The summed E-state index contributed by atoms with van der Waals surface area (Å²) < 4.78 is 1.48. The van der Waals surface area contributed by atoms with Gasteiger partial charge in [-0.2, -0.15) is 12.6 Å². The van der Waals surface area contributed by atoms with Gasteiger partial charge in [0, 0.05) is 23.9 Å². The molecule has 0 fully saturated rings. The average molecular weight is 267 g/mol. The molecule has 0 saturated heterocycles. The standard InChI is InChI=1S/C11H17N5OS/c1-11(2,3)7-6-16-9(14-15-10(16)17)8(13-7)12-4-5-18/h6,18H,4-5H2,1-3H3,(H,12,13)(H,15,17). The Balaban J connectivity index is 2.62. The van der Waals surface area contributed by atoms with E-state index in [1.807, 2.05) is 0 Å². The lowest BCUT2D eigenvalue weighted by molar-refractivity contribution is 0.565. The first-order chi connectivity index (χ1) is 8.43. The minimum Gasteiger partial charge on any atom is -0.366 e. The molecule has 6 nitrogen and oxygen atoms in total. The fraction of sp³-hybridized carbons (Fsp3) is 0.545. The number of hydrogen-bond donors (Lipinski definition) is 3. The summed E-state index contributed by atoms with van der Waals surface area (Å²) in [5, 5.41) is 9.53. The van der Waals surface area contributed by atoms with Crippen molar-refractivity contribution >= 4 is 24.1 Å². The molecular weight excluding hydrogens is 250 g/mol. The van der Waals surface area contributed by atoms with Gasteiger partial charge in [0.15, 0.2) is 5.82 Å². The Morgan fingerprint density at radius 3 is 2.83 bits per heavy atom. The third kappa shape index (κ3) is 2.35. The predicted octanol–water partition coefficient (Wildman–Crippen LogP) is 1.06. The zero-order valence-electron chi connectivity index (χ0n) is 10.7. The summed E-state index contributed by atoms with van der Waals surface area (Å²) in [6, 6.07) is 0. The van der Waals surface area contributed by atoms with Gasteiger partial charge in [-0.1, -0.05) is 20.8 Å². The summed E-state index contributed by atoms with van der Waals surface area (Å²) >= 11 is 4.15. The largest absolute Gasteiger partial charge is 0.366 e. The van der Waals surface area contributed by atoms with Gasteiger partial charge >= 0.3 is 5.69 Å². The van der Waals surface area contributed by atoms with Gasteiger partial charge in [-0.05, 0) is 0 Å². The minimum absolute atomic E-state index is 0.137. The Hall–Kier alpha value is -1.50. The molecule has 18 heavy (non-hydrogen) atoms. The highest BCUT2D eigenvalue weighted by molar-refractivity contribution is 7.80. The van der Waals surface area contributed by atoms with Crippen LogP contribution < -0.4 is 11.0 Å². The monoisotopic (exact) mass is 267 g/mol. The molecule has 0 aliphatic carbocycles. The quantitative estimate of drug-likeness (QED) is 0.727.